The molecule has 3 aliphatic rings. The molecule has 0 bridgehead atoms. The highest BCUT2D eigenvalue weighted by atomic mass is 127. The van der Waals surface area contributed by atoms with Gasteiger partial charge in [-0.2, -0.15) is 0 Å². The smallest absolute Gasteiger partial charge is 0.191 e. The van der Waals surface area contributed by atoms with E-state index in [2.05, 4.69) is 32.5 Å². The predicted molar refractivity (Wildman–Crippen MR) is 108 cm³/mol. The van der Waals surface area contributed by atoms with Crippen molar-refractivity contribution in [3.63, 3.8) is 0 Å². The molecule has 2 saturated heterocycles. The summed E-state index contributed by atoms with van der Waals surface area (Å²) in [6.45, 7) is 6.03. The summed E-state index contributed by atoms with van der Waals surface area (Å²) in [6.07, 6.45) is 8.03. The lowest BCUT2D eigenvalue weighted by Crippen LogP contribution is -2.50. The minimum absolute atomic E-state index is 0. The number of likely N-dealkylation sites (tertiary alicyclic amines) is 2. The zero-order valence-electron chi connectivity index (χ0n) is 14.8. The van der Waals surface area contributed by atoms with Gasteiger partial charge in [0.15, 0.2) is 5.96 Å². The van der Waals surface area contributed by atoms with Gasteiger partial charge in [0, 0.05) is 45.3 Å². The molecule has 3 fully saturated rings. The standard InChI is InChI=1S/C17H33N5.HI/c1-18-17(19-12-14-4-3-9-21(2)13-14)20-15-7-10-22(11-8-15)16-5-6-16;/h14-16H,3-13H2,1-2H3,(H2,18,19,20);1H. The van der Waals surface area contributed by atoms with Gasteiger partial charge in [-0.1, -0.05) is 0 Å². The third kappa shape index (κ3) is 6.05. The van der Waals surface area contributed by atoms with Gasteiger partial charge in [-0.05, 0) is 58.0 Å². The predicted octanol–water partition coefficient (Wildman–Crippen LogP) is 1.74. The molecule has 1 unspecified atom stereocenters. The molecule has 2 heterocycles. The Balaban J connectivity index is 0.00000192. The maximum absolute atomic E-state index is 4.42. The summed E-state index contributed by atoms with van der Waals surface area (Å²) in [5, 5.41) is 7.19. The van der Waals surface area contributed by atoms with E-state index >= 15 is 0 Å². The van der Waals surface area contributed by atoms with E-state index in [0.717, 1.165) is 24.5 Å². The molecule has 23 heavy (non-hydrogen) atoms. The van der Waals surface area contributed by atoms with E-state index in [-0.39, 0.29) is 24.0 Å². The highest BCUT2D eigenvalue weighted by molar-refractivity contribution is 14.0. The van der Waals surface area contributed by atoms with Crippen molar-refractivity contribution in [3.05, 3.63) is 0 Å². The third-order valence-electron chi connectivity index (χ3n) is 5.44. The van der Waals surface area contributed by atoms with Crippen LogP contribution in [0.2, 0.25) is 0 Å². The molecule has 0 aromatic heterocycles. The largest absolute Gasteiger partial charge is 0.356 e. The molecule has 134 valence electrons. The lowest BCUT2D eigenvalue weighted by atomic mass is 9.98. The average molecular weight is 435 g/mol. The molecule has 0 aromatic rings. The van der Waals surface area contributed by atoms with Crippen LogP contribution in [0.3, 0.4) is 0 Å². The van der Waals surface area contributed by atoms with Gasteiger partial charge in [-0.3, -0.25) is 4.99 Å². The van der Waals surface area contributed by atoms with E-state index in [1.807, 2.05) is 7.05 Å². The quantitative estimate of drug-likeness (QED) is 0.401. The first-order valence-electron chi connectivity index (χ1n) is 9.14. The summed E-state index contributed by atoms with van der Waals surface area (Å²) in [5.41, 5.74) is 0. The molecule has 0 spiro atoms. The highest BCUT2D eigenvalue weighted by Crippen LogP contribution is 2.29. The minimum atomic E-state index is 0. The summed E-state index contributed by atoms with van der Waals surface area (Å²) >= 11 is 0. The van der Waals surface area contributed by atoms with Gasteiger partial charge in [0.1, 0.15) is 0 Å². The Hall–Kier alpha value is -0.0800. The Morgan fingerprint density at radius 2 is 1.83 bits per heavy atom. The monoisotopic (exact) mass is 435 g/mol. The molecule has 0 amide bonds. The van der Waals surface area contributed by atoms with Crippen LogP contribution in [0.25, 0.3) is 0 Å². The molecule has 1 aliphatic carbocycles. The van der Waals surface area contributed by atoms with Crippen LogP contribution in [-0.2, 0) is 0 Å². The molecular formula is C17H34IN5. The van der Waals surface area contributed by atoms with Crippen LogP contribution in [0.4, 0.5) is 0 Å². The van der Waals surface area contributed by atoms with Crippen molar-refractivity contribution in [2.75, 3.05) is 46.8 Å². The van der Waals surface area contributed by atoms with Crippen molar-refractivity contribution in [1.29, 1.82) is 0 Å². The molecule has 1 saturated carbocycles. The van der Waals surface area contributed by atoms with E-state index in [1.54, 1.807) is 0 Å². The highest BCUT2D eigenvalue weighted by Gasteiger charge is 2.31. The van der Waals surface area contributed by atoms with Crippen molar-refractivity contribution >= 4 is 29.9 Å². The number of halogens is 1. The van der Waals surface area contributed by atoms with E-state index in [4.69, 9.17) is 0 Å². The number of nitrogens with zero attached hydrogens (tertiary/aromatic N) is 3. The summed E-state index contributed by atoms with van der Waals surface area (Å²) in [4.78, 5) is 9.54. The first-order valence-corrected chi connectivity index (χ1v) is 9.14. The van der Waals surface area contributed by atoms with E-state index in [9.17, 15) is 0 Å². The molecule has 6 heteroatoms. The first-order chi connectivity index (χ1) is 10.7. The molecule has 2 N–H and O–H groups in total. The molecule has 1 atom stereocenters. The number of nitrogens with one attached hydrogen (secondary N) is 2. The van der Waals surface area contributed by atoms with Crippen LogP contribution in [0.5, 0.6) is 0 Å². The third-order valence-corrected chi connectivity index (χ3v) is 5.44. The Bertz CT molecular complexity index is 377. The van der Waals surface area contributed by atoms with Crippen molar-refractivity contribution in [3.8, 4) is 0 Å². The number of rotatable bonds is 4. The Kier molecular flexibility index (Phi) is 7.88. The van der Waals surface area contributed by atoms with Crippen LogP contribution in [0, 0.1) is 5.92 Å². The number of aliphatic imine (C=N–C) groups is 1. The fourth-order valence-electron chi connectivity index (χ4n) is 3.92. The average Bonchev–Trinajstić information content (AvgIpc) is 3.37. The SMILES string of the molecule is CN=C(NCC1CCCN(C)C1)NC1CCN(C2CC2)CC1.I. The second kappa shape index (κ2) is 9.42. The maximum Gasteiger partial charge on any atom is 0.191 e. The van der Waals surface area contributed by atoms with E-state index < -0.39 is 0 Å². The van der Waals surface area contributed by atoms with Crippen molar-refractivity contribution in [2.24, 2.45) is 10.9 Å². The first kappa shape index (κ1) is 19.2. The Labute approximate surface area is 158 Å². The summed E-state index contributed by atoms with van der Waals surface area (Å²) in [6, 6.07) is 1.51. The van der Waals surface area contributed by atoms with Crippen LogP contribution < -0.4 is 10.6 Å². The molecular weight excluding hydrogens is 401 g/mol. The topological polar surface area (TPSA) is 42.9 Å². The van der Waals surface area contributed by atoms with Gasteiger partial charge in [0.2, 0.25) is 0 Å². The summed E-state index contributed by atoms with van der Waals surface area (Å²) in [7, 11) is 4.12. The molecule has 0 radical (unpaired) electrons. The van der Waals surface area contributed by atoms with Gasteiger partial charge in [0.25, 0.3) is 0 Å². The zero-order valence-corrected chi connectivity index (χ0v) is 17.1. The fraction of sp³-hybridized carbons (Fsp3) is 0.941. The van der Waals surface area contributed by atoms with Gasteiger partial charge in [-0.25, -0.2) is 0 Å². The van der Waals surface area contributed by atoms with Gasteiger partial charge in [0.05, 0.1) is 0 Å². The zero-order chi connectivity index (χ0) is 15.4. The van der Waals surface area contributed by atoms with Crippen LogP contribution in [0.1, 0.15) is 38.5 Å². The van der Waals surface area contributed by atoms with Crippen molar-refractivity contribution in [1.82, 2.24) is 20.4 Å². The molecule has 3 rings (SSSR count). The van der Waals surface area contributed by atoms with Crippen LogP contribution in [-0.4, -0.2) is 74.7 Å². The van der Waals surface area contributed by atoms with Crippen LogP contribution >= 0.6 is 24.0 Å². The minimum Gasteiger partial charge on any atom is -0.356 e. The summed E-state index contributed by atoms with van der Waals surface area (Å²) in [5.74, 6) is 1.76. The Morgan fingerprint density at radius 3 is 2.43 bits per heavy atom. The van der Waals surface area contributed by atoms with Gasteiger partial charge < -0.3 is 20.4 Å². The molecule has 2 aliphatic heterocycles. The van der Waals surface area contributed by atoms with Crippen molar-refractivity contribution in [2.45, 2.75) is 50.6 Å². The Morgan fingerprint density at radius 1 is 1.09 bits per heavy atom. The second-order valence-electron chi connectivity index (χ2n) is 7.41. The lowest BCUT2D eigenvalue weighted by molar-refractivity contribution is 0.196. The fourth-order valence-corrected chi connectivity index (χ4v) is 3.92. The van der Waals surface area contributed by atoms with Gasteiger partial charge in [-0.15, -0.1) is 24.0 Å². The van der Waals surface area contributed by atoms with Crippen LogP contribution in [0.15, 0.2) is 4.99 Å². The number of piperidine rings is 2. The molecule has 5 nitrogen and oxygen atoms in total. The van der Waals surface area contributed by atoms with Crippen molar-refractivity contribution < 1.29 is 0 Å². The van der Waals surface area contributed by atoms with E-state index in [0.29, 0.717) is 6.04 Å². The number of hydrogen-bond acceptors (Lipinski definition) is 3. The molecule has 0 aromatic carbocycles. The number of hydrogen-bond donors (Lipinski definition) is 2. The lowest BCUT2D eigenvalue weighted by Gasteiger charge is -2.34. The van der Waals surface area contributed by atoms with E-state index in [1.165, 1.54) is 64.7 Å². The van der Waals surface area contributed by atoms with Gasteiger partial charge >= 0.3 is 0 Å². The number of guanidine groups is 1. The maximum atomic E-state index is 4.42. The second-order valence-corrected chi connectivity index (χ2v) is 7.41. The normalized spacial score (nSPS) is 28.3. The summed E-state index contributed by atoms with van der Waals surface area (Å²) < 4.78 is 0.